The maximum atomic E-state index is 14.7. The lowest BCUT2D eigenvalue weighted by atomic mass is 9.85. The van der Waals surface area contributed by atoms with E-state index < -0.39 is 47.0 Å². The van der Waals surface area contributed by atoms with Crippen molar-refractivity contribution in [3.63, 3.8) is 0 Å². The van der Waals surface area contributed by atoms with E-state index in [1.165, 1.54) is 23.3 Å². The molecule has 0 radical (unpaired) electrons. The van der Waals surface area contributed by atoms with Crippen molar-refractivity contribution >= 4 is 51.2 Å². The number of hydrogen-bond acceptors (Lipinski definition) is 11. The molecule has 14 nitrogen and oxygen atoms in total. The predicted molar refractivity (Wildman–Crippen MR) is 211 cm³/mol. The Kier molecular flexibility index (Phi) is 11.6. The number of amides is 4. The number of aromatic nitrogens is 2. The van der Waals surface area contributed by atoms with Crippen LogP contribution in [0.2, 0.25) is 0 Å². The molecule has 3 fully saturated rings. The van der Waals surface area contributed by atoms with Crippen molar-refractivity contribution in [3.8, 4) is 22.9 Å². The molecule has 6 rings (SSSR count). The summed E-state index contributed by atoms with van der Waals surface area (Å²) < 4.78 is 17.9. The predicted octanol–water partition coefficient (Wildman–Crippen LogP) is 5.43. The molecule has 1 aromatic carbocycles. The number of likely N-dealkylation sites (N-methyl/N-ethyl adjacent to an activating group) is 1. The largest absolute Gasteiger partial charge is 0.497 e. The summed E-state index contributed by atoms with van der Waals surface area (Å²) in [5.74, 6) is -0.430. The van der Waals surface area contributed by atoms with Crippen LogP contribution < -0.4 is 30.7 Å². The number of nitrogens with one attached hydrogen (secondary N) is 4. The molecule has 3 heterocycles. The van der Waals surface area contributed by atoms with Crippen LogP contribution in [-0.4, -0.2) is 95.3 Å². The SMILES string of the molecule is C=C[C@@H]1C[C@]1(NC(=O)[C@@H]1C[C@@H](Oc2cc(-c3csc(NC(C)C)n3)nc3cc(OC)ccc23)CN1C(=O)[C@@H](NC(=O)OC1CCCC1)C(C)(C)C)C(=O)NC. The Labute approximate surface area is 326 Å². The van der Waals surface area contributed by atoms with Crippen LogP contribution in [0.15, 0.2) is 42.3 Å². The van der Waals surface area contributed by atoms with E-state index in [1.807, 2.05) is 64.3 Å². The number of nitrogens with zero attached hydrogens (tertiary/aromatic N) is 3. The van der Waals surface area contributed by atoms with Gasteiger partial charge in [0, 0.05) is 48.3 Å². The molecule has 55 heavy (non-hydrogen) atoms. The quantitative estimate of drug-likeness (QED) is 0.164. The van der Waals surface area contributed by atoms with E-state index >= 15 is 0 Å². The number of pyridine rings is 1. The Morgan fingerprint density at radius 2 is 1.82 bits per heavy atom. The van der Waals surface area contributed by atoms with Gasteiger partial charge in [-0.1, -0.05) is 26.8 Å². The Hall–Kier alpha value is -4.92. The van der Waals surface area contributed by atoms with Crippen molar-refractivity contribution in [3.05, 3.63) is 42.3 Å². The third-order valence-electron chi connectivity index (χ3n) is 10.5. The molecule has 3 aromatic rings. The zero-order valence-corrected chi connectivity index (χ0v) is 33.5. The van der Waals surface area contributed by atoms with Gasteiger partial charge in [0.25, 0.3) is 0 Å². The van der Waals surface area contributed by atoms with E-state index in [1.54, 1.807) is 13.2 Å². The number of thiazole rings is 1. The van der Waals surface area contributed by atoms with Gasteiger partial charge in [0.15, 0.2) is 5.13 Å². The summed E-state index contributed by atoms with van der Waals surface area (Å²) in [6.45, 7) is 13.5. The highest BCUT2D eigenvalue weighted by Crippen LogP contribution is 2.45. The van der Waals surface area contributed by atoms with Crippen LogP contribution in [0.4, 0.5) is 9.93 Å². The first-order chi connectivity index (χ1) is 26.1. The Balaban J connectivity index is 1.33. The number of hydrogen-bond donors (Lipinski definition) is 4. The monoisotopic (exact) mass is 775 g/mol. The van der Waals surface area contributed by atoms with Gasteiger partial charge < -0.3 is 40.4 Å². The van der Waals surface area contributed by atoms with Gasteiger partial charge in [0.1, 0.15) is 47.0 Å². The second kappa shape index (κ2) is 16.0. The van der Waals surface area contributed by atoms with Crippen LogP contribution in [0.1, 0.15) is 73.1 Å². The smallest absolute Gasteiger partial charge is 0.408 e. The van der Waals surface area contributed by atoms with Crippen molar-refractivity contribution in [1.82, 2.24) is 30.8 Å². The van der Waals surface area contributed by atoms with Crippen LogP contribution >= 0.6 is 11.3 Å². The van der Waals surface area contributed by atoms with Crippen molar-refractivity contribution in [2.45, 2.75) is 109 Å². The summed E-state index contributed by atoms with van der Waals surface area (Å²) in [5, 5.41) is 15.2. The lowest BCUT2D eigenvalue weighted by molar-refractivity contribution is -0.143. The average molecular weight is 776 g/mol. The molecule has 5 atom stereocenters. The number of carbonyl (C=O) groups is 4. The molecule has 4 N–H and O–H groups in total. The fraction of sp³-hybridized carbons (Fsp3) is 0.550. The molecule has 2 aliphatic carbocycles. The second-order valence-electron chi connectivity index (χ2n) is 16.0. The molecule has 1 saturated heterocycles. The molecule has 2 saturated carbocycles. The minimum absolute atomic E-state index is 0.0369. The first kappa shape index (κ1) is 39.8. The van der Waals surface area contributed by atoms with Gasteiger partial charge in [-0.15, -0.1) is 17.9 Å². The van der Waals surface area contributed by atoms with E-state index in [0.717, 1.165) is 30.8 Å². The molecule has 1 aliphatic heterocycles. The standard InChI is InChI=1S/C40H53N7O7S/c1-9-23-19-40(23,36(50)41-7)46-34(48)31-17-26(20-47(31)35(49)33(39(4,5)6)45-38(51)54-24-12-10-11-13-24)53-32-18-29(30-21-55-37(44-30)42-22(2)3)43-28-16-25(52-8)14-15-27(28)32/h9,14-16,18,21-24,26,31,33H,1,10-13,17,19-20H2,2-8H3,(H,41,50)(H,42,44)(H,45,51)(H,46,48)/t23-,26-,31+,33-,40-/m1/s1. The Morgan fingerprint density at radius 1 is 1.07 bits per heavy atom. The average Bonchev–Trinajstić information content (AvgIpc) is 3.56. The van der Waals surface area contributed by atoms with E-state index in [4.69, 9.17) is 24.2 Å². The normalized spacial score (nSPS) is 22.9. The molecular formula is C40H53N7O7S. The fourth-order valence-electron chi connectivity index (χ4n) is 7.48. The van der Waals surface area contributed by atoms with Crippen LogP contribution in [0.3, 0.4) is 0 Å². The summed E-state index contributed by atoms with van der Waals surface area (Å²) in [7, 11) is 3.10. The van der Waals surface area contributed by atoms with Crippen molar-refractivity contribution in [2.24, 2.45) is 11.3 Å². The second-order valence-corrected chi connectivity index (χ2v) is 16.9. The Bertz CT molecular complexity index is 1940. The summed E-state index contributed by atoms with van der Waals surface area (Å²) in [5.41, 5.74) is -0.0509. The highest BCUT2D eigenvalue weighted by molar-refractivity contribution is 7.14. The van der Waals surface area contributed by atoms with Gasteiger partial charge in [0.05, 0.1) is 24.9 Å². The van der Waals surface area contributed by atoms with Crippen LogP contribution in [0.5, 0.6) is 11.5 Å². The minimum atomic E-state index is -1.17. The van der Waals surface area contributed by atoms with Gasteiger partial charge >= 0.3 is 6.09 Å². The lowest BCUT2D eigenvalue weighted by Gasteiger charge is -2.35. The van der Waals surface area contributed by atoms with E-state index in [0.29, 0.717) is 40.2 Å². The zero-order valence-electron chi connectivity index (χ0n) is 32.7. The van der Waals surface area contributed by atoms with Crippen molar-refractivity contribution in [2.75, 3.05) is 26.0 Å². The topological polar surface area (TPSA) is 173 Å². The maximum absolute atomic E-state index is 14.7. The van der Waals surface area contributed by atoms with E-state index in [9.17, 15) is 19.2 Å². The summed E-state index contributed by atoms with van der Waals surface area (Å²) in [6, 6.07) is 5.48. The summed E-state index contributed by atoms with van der Waals surface area (Å²) in [4.78, 5) is 66.3. The van der Waals surface area contributed by atoms with Crippen LogP contribution in [-0.2, 0) is 19.1 Å². The number of ether oxygens (including phenoxy) is 3. The molecule has 4 amide bonds. The van der Waals surface area contributed by atoms with Crippen LogP contribution in [0, 0.1) is 11.3 Å². The Morgan fingerprint density at radius 3 is 2.45 bits per heavy atom. The number of fused-ring (bicyclic) bond motifs is 1. The molecule has 2 aromatic heterocycles. The number of likely N-dealkylation sites (tertiary alicyclic amines) is 1. The molecule has 296 valence electrons. The number of carbonyl (C=O) groups excluding carboxylic acids is 4. The van der Waals surface area contributed by atoms with Crippen molar-refractivity contribution in [1.29, 1.82) is 0 Å². The van der Waals surface area contributed by atoms with Crippen LogP contribution in [0.25, 0.3) is 22.3 Å². The minimum Gasteiger partial charge on any atom is -0.497 e. The number of methoxy groups -OCH3 is 1. The highest BCUT2D eigenvalue weighted by Gasteiger charge is 2.60. The fourth-order valence-corrected chi connectivity index (χ4v) is 8.33. The number of rotatable bonds is 13. The lowest BCUT2D eigenvalue weighted by Crippen LogP contribution is -2.59. The third-order valence-corrected chi connectivity index (χ3v) is 11.3. The number of anilines is 1. The van der Waals surface area contributed by atoms with Gasteiger partial charge in [0.2, 0.25) is 17.7 Å². The third kappa shape index (κ3) is 8.66. The summed E-state index contributed by atoms with van der Waals surface area (Å²) in [6.07, 6.45) is 4.19. The zero-order chi connectivity index (χ0) is 39.7. The van der Waals surface area contributed by atoms with E-state index in [-0.39, 0.29) is 36.9 Å². The highest BCUT2D eigenvalue weighted by atomic mass is 32.1. The van der Waals surface area contributed by atoms with E-state index in [2.05, 4.69) is 27.8 Å². The molecule has 3 aliphatic rings. The van der Waals surface area contributed by atoms with Gasteiger partial charge in [-0.25, -0.2) is 14.8 Å². The molecule has 0 unspecified atom stereocenters. The first-order valence-electron chi connectivity index (χ1n) is 19.0. The van der Waals surface area contributed by atoms with Gasteiger partial charge in [-0.3, -0.25) is 14.4 Å². The van der Waals surface area contributed by atoms with Gasteiger partial charge in [-0.2, -0.15) is 0 Å². The number of benzene rings is 1. The molecule has 15 heteroatoms. The molecular weight excluding hydrogens is 723 g/mol. The van der Waals surface area contributed by atoms with Gasteiger partial charge in [-0.05, 0) is 63.5 Å². The molecule has 0 spiro atoms. The summed E-state index contributed by atoms with van der Waals surface area (Å²) >= 11 is 1.47. The van der Waals surface area contributed by atoms with Crippen molar-refractivity contribution < 1.29 is 33.4 Å². The maximum Gasteiger partial charge on any atom is 0.408 e. The first-order valence-corrected chi connectivity index (χ1v) is 19.9. The number of alkyl carbamates (subject to hydrolysis) is 1. The molecule has 0 bridgehead atoms.